The third-order valence-electron chi connectivity index (χ3n) is 4.45. The summed E-state index contributed by atoms with van der Waals surface area (Å²) in [6.45, 7) is 0. The van der Waals surface area contributed by atoms with E-state index in [9.17, 15) is 13.2 Å². The van der Waals surface area contributed by atoms with E-state index in [0.29, 0.717) is 6.04 Å². The van der Waals surface area contributed by atoms with E-state index in [2.05, 4.69) is 38.7 Å². The molecule has 2 aliphatic rings. The summed E-state index contributed by atoms with van der Waals surface area (Å²) in [5.74, 6) is 1.05. The molecule has 2 aliphatic heterocycles. The Morgan fingerprint density at radius 1 is 1.31 bits per heavy atom. The number of alkyl halides is 4. The molecule has 3 rings (SSSR count). The highest BCUT2D eigenvalue weighted by atomic mass is 79.9. The lowest BCUT2D eigenvalue weighted by molar-refractivity contribution is -0.479. The number of methoxy groups -OCH3 is 1. The van der Waals surface area contributed by atoms with Crippen molar-refractivity contribution in [3.05, 3.63) is 23.8 Å². The zero-order valence-electron chi connectivity index (χ0n) is 14.1. The van der Waals surface area contributed by atoms with Gasteiger partial charge in [0.2, 0.25) is 5.69 Å². The van der Waals surface area contributed by atoms with Crippen molar-refractivity contribution in [3.8, 4) is 5.75 Å². The minimum Gasteiger partial charge on any atom is -0.741 e. The maximum atomic E-state index is 10.7. The highest BCUT2D eigenvalue weighted by molar-refractivity contribution is 9.09. The second-order valence-electron chi connectivity index (χ2n) is 5.96. The van der Waals surface area contributed by atoms with Crippen LogP contribution in [-0.2, 0) is 16.5 Å². The van der Waals surface area contributed by atoms with Gasteiger partial charge in [-0.25, -0.2) is 8.42 Å². The highest BCUT2D eigenvalue weighted by Gasteiger charge is 2.39. The van der Waals surface area contributed by atoms with E-state index in [1.165, 1.54) is 36.9 Å². The average molecular weight is 458 g/mol. The minimum absolute atomic E-state index is 0.672. The molecule has 0 spiro atoms. The lowest BCUT2D eigenvalue weighted by Gasteiger charge is -2.18. The van der Waals surface area contributed by atoms with Crippen LogP contribution in [0.25, 0.3) is 0 Å². The first kappa shape index (κ1) is 21.2. The van der Waals surface area contributed by atoms with Crippen LogP contribution in [0.15, 0.2) is 18.2 Å². The zero-order valence-corrected chi connectivity index (χ0v) is 16.5. The van der Waals surface area contributed by atoms with Crippen LogP contribution in [0.3, 0.4) is 0 Å². The summed E-state index contributed by atoms with van der Waals surface area (Å²) in [4.78, 5) is 0. The van der Waals surface area contributed by atoms with Gasteiger partial charge in [0.05, 0.1) is 12.7 Å². The molecule has 0 radical (unpaired) electrons. The second-order valence-corrected chi connectivity index (χ2v) is 8.13. The number of hydrogen-bond acceptors (Lipinski definition) is 4. The SMILES string of the molecule is COc1cccc2c1CCC1=[N+]2C(CCBr)CC1.O=S(=O)([O-])C(F)(F)F. The summed E-state index contributed by atoms with van der Waals surface area (Å²) < 4.78 is 67.0. The van der Waals surface area contributed by atoms with Crippen LogP contribution in [0, 0.1) is 0 Å². The maximum Gasteiger partial charge on any atom is 0.485 e. The van der Waals surface area contributed by atoms with Gasteiger partial charge in [-0.15, -0.1) is 0 Å². The van der Waals surface area contributed by atoms with Gasteiger partial charge >= 0.3 is 5.51 Å². The van der Waals surface area contributed by atoms with Crippen molar-refractivity contribution in [2.24, 2.45) is 0 Å². The van der Waals surface area contributed by atoms with E-state index in [-0.39, 0.29) is 0 Å². The molecule has 0 bridgehead atoms. The molecule has 10 heteroatoms. The van der Waals surface area contributed by atoms with Crippen LogP contribution in [0.1, 0.15) is 31.2 Å². The summed E-state index contributed by atoms with van der Waals surface area (Å²) in [6, 6.07) is 7.12. The quantitative estimate of drug-likeness (QED) is 0.300. The molecule has 0 N–H and O–H groups in total. The molecule has 0 saturated carbocycles. The van der Waals surface area contributed by atoms with Gasteiger partial charge in [-0.3, -0.25) is 0 Å². The number of nitrogens with zero attached hydrogens (tertiary/aromatic N) is 1. The second kappa shape index (κ2) is 8.26. The normalized spacial score (nSPS) is 19.4. The summed E-state index contributed by atoms with van der Waals surface area (Å²) >= 11 is 3.58. The molecular formula is C16H19BrF3NO4S. The van der Waals surface area contributed by atoms with Crippen molar-refractivity contribution in [1.82, 2.24) is 0 Å². The maximum absolute atomic E-state index is 10.7. The molecule has 0 amide bonds. The van der Waals surface area contributed by atoms with Gasteiger partial charge in [0.25, 0.3) is 0 Å². The summed E-state index contributed by atoms with van der Waals surface area (Å²) in [7, 11) is -4.32. The van der Waals surface area contributed by atoms with Gasteiger partial charge in [0.15, 0.2) is 21.9 Å². The molecule has 1 aromatic carbocycles. The fourth-order valence-electron chi connectivity index (χ4n) is 3.34. The van der Waals surface area contributed by atoms with Gasteiger partial charge in [0.1, 0.15) is 5.75 Å². The first-order valence-electron chi connectivity index (χ1n) is 7.98. The van der Waals surface area contributed by atoms with Crippen molar-refractivity contribution in [2.45, 2.75) is 43.7 Å². The smallest absolute Gasteiger partial charge is 0.485 e. The topological polar surface area (TPSA) is 69.4 Å². The standard InChI is InChI=1S/C15H19BrNO.CHF3O3S/c1-18-15-4-2-3-14-13(15)8-7-11-5-6-12(9-10-16)17(11)14;2-1(3,4)8(5,6)7/h2-4,12H,5-10H2,1H3;(H,5,6,7)/q+1;/p-1. The van der Waals surface area contributed by atoms with E-state index in [4.69, 9.17) is 17.7 Å². The van der Waals surface area contributed by atoms with Crippen molar-refractivity contribution in [1.29, 1.82) is 0 Å². The predicted octanol–water partition coefficient (Wildman–Crippen LogP) is 3.73. The van der Waals surface area contributed by atoms with Gasteiger partial charge in [-0.1, -0.05) is 22.0 Å². The summed E-state index contributed by atoms with van der Waals surface area (Å²) in [6.07, 6.45) is 6.13. The monoisotopic (exact) mass is 457 g/mol. The first-order chi connectivity index (χ1) is 12.1. The van der Waals surface area contributed by atoms with Crippen LogP contribution in [0.5, 0.6) is 5.75 Å². The Hall–Kier alpha value is -1.13. The fourth-order valence-corrected chi connectivity index (χ4v) is 3.87. The van der Waals surface area contributed by atoms with E-state index in [0.717, 1.165) is 17.5 Å². The molecule has 0 aromatic heterocycles. The Bertz CT molecular complexity index is 793. The molecule has 1 atom stereocenters. The number of fused-ring (bicyclic) bond motifs is 2. The Morgan fingerprint density at radius 2 is 1.96 bits per heavy atom. The first-order valence-corrected chi connectivity index (χ1v) is 10.5. The van der Waals surface area contributed by atoms with E-state index >= 15 is 0 Å². The minimum atomic E-state index is -6.09. The number of rotatable bonds is 3. The number of benzene rings is 1. The Kier molecular flexibility index (Phi) is 6.73. The summed E-state index contributed by atoms with van der Waals surface area (Å²) in [5, 5.41) is 1.08. The van der Waals surface area contributed by atoms with Gasteiger partial charge < -0.3 is 9.29 Å². The third kappa shape index (κ3) is 4.58. The van der Waals surface area contributed by atoms with Gasteiger partial charge in [0, 0.05) is 37.1 Å². The Labute approximate surface area is 158 Å². The van der Waals surface area contributed by atoms with Crippen LogP contribution >= 0.6 is 15.9 Å². The fraction of sp³-hybridized carbons (Fsp3) is 0.562. The molecule has 0 aliphatic carbocycles. The van der Waals surface area contributed by atoms with Gasteiger partial charge in [-0.05, 0) is 12.5 Å². The van der Waals surface area contributed by atoms with E-state index in [1.54, 1.807) is 12.8 Å². The van der Waals surface area contributed by atoms with Crippen LogP contribution in [0.4, 0.5) is 18.9 Å². The Morgan fingerprint density at radius 3 is 2.50 bits per heavy atom. The van der Waals surface area contributed by atoms with E-state index < -0.39 is 15.6 Å². The Balaban J connectivity index is 0.000000260. The highest BCUT2D eigenvalue weighted by Crippen LogP contribution is 2.38. The van der Waals surface area contributed by atoms with Crippen LogP contribution in [-0.4, -0.2) is 47.2 Å². The predicted molar refractivity (Wildman–Crippen MR) is 93.4 cm³/mol. The number of halogens is 4. The molecule has 26 heavy (non-hydrogen) atoms. The molecule has 0 saturated heterocycles. The number of ether oxygens (including phenoxy) is 1. The molecule has 146 valence electrons. The molecule has 1 aromatic rings. The molecule has 5 nitrogen and oxygen atoms in total. The van der Waals surface area contributed by atoms with Crippen molar-refractivity contribution in [2.75, 3.05) is 12.4 Å². The van der Waals surface area contributed by atoms with Gasteiger partial charge in [-0.2, -0.15) is 17.7 Å². The molecular weight excluding hydrogens is 439 g/mol. The lowest BCUT2D eigenvalue weighted by Crippen LogP contribution is -2.25. The van der Waals surface area contributed by atoms with Crippen LogP contribution in [0.2, 0.25) is 0 Å². The van der Waals surface area contributed by atoms with Crippen molar-refractivity contribution < 1.29 is 35.5 Å². The van der Waals surface area contributed by atoms with Crippen molar-refractivity contribution >= 4 is 37.4 Å². The average Bonchev–Trinajstić information content (AvgIpc) is 2.97. The van der Waals surface area contributed by atoms with Crippen molar-refractivity contribution in [3.63, 3.8) is 0 Å². The largest absolute Gasteiger partial charge is 0.741 e. The lowest BCUT2D eigenvalue weighted by atomic mass is 9.99. The molecule has 0 fully saturated rings. The third-order valence-corrected chi connectivity index (χ3v) is 5.47. The number of hydrogen-bond donors (Lipinski definition) is 0. The summed E-state index contributed by atoms with van der Waals surface area (Å²) in [5.41, 5.74) is -1.24. The zero-order chi connectivity index (χ0) is 19.5. The van der Waals surface area contributed by atoms with Crippen LogP contribution < -0.4 is 4.74 Å². The molecule has 2 heterocycles. The van der Waals surface area contributed by atoms with E-state index in [1.807, 2.05) is 0 Å². The molecule has 1 unspecified atom stereocenters.